The molecule has 3 aromatic rings. The van der Waals surface area contributed by atoms with Crippen LogP contribution in [0.25, 0.3) is 0 Å². The van der Waals surface area contributed by atoms with Crippen molar-refractivity contribution < 1.29 is 22.7 Å². The number of anilines is 1. The van der Waals surface area contributed by atoms with Crippen LogP contribution >= 0.6 is 0 Å². The summed E-state index contributed by atoms with van der Waals surface area (Å²) >= 11 is 0. The Morgan fingerprint density at radius 2 is 1.60 bits per heavy atom. The molecule has 0 saturated carbocycles. The fourth-order valence-corrected chi connectivity index (χ4v) is 5.33. The van der Waals surface area contributed by atoms with E-state index in [9.17, 15) is 13.2 Å². The molecule has 3 aromatic carbocycles. The van der Waals surface area contributed by atoms with Crippen molar-refractivity contribution in [2.24, 2.45) is 0 Å². The number of carbonyl (C=O) groups excluding carboxylic acids is 1. The van der Waals surface area contributed by atoms with E-state index in [-0.39, 0.29) is 17.5 Å². The summed E-state index contributed by atoms with van der Waals surface area (Å²) in [4.78, 5) is 13.3. The SMILES string of the molecule is CCC(NC(=O)CN(c1ccccc1C)S(=O)(=O)c1ccc(C)cc1)c1ccc(OC)c(OC)c1. The van der Waals surface area contributed by atoms with Gasteiger partial charge in [-0.25, -0.2) is 8.42 Å². The number of amides is 1. The highest BCUT2D eigenvalue weighted by molar-refractivity contribution is 7.92. The van der Waals surface area contributed by atoms with Crippen LogP contribution in [-0.2, 0) is 14.8 Å². The van der Waals surface area contributed by atoms with Crippen molar-refractivity contribution in [2.45, 2.75) is 38.1 Å². The van der Waals surface area contributed by atoms with Crippen LogP contribution in [0, 0.1) is 13.8 Å². The third kappa shape index (κ3) is 5.95. The van der Waals surface area contributed by atoms with E-state index in [1.807, 2.05) is 45.0 Å². The van der Waals surface area contributed by atoms with Crippen LogP contribution in [0.4, 0.5) is 5.69 Å². The van der Waals surface area contributed by atoms with Crippen molar-refractivity contribution >= 4 is 21.6 Å². The molecule has 1 N–H and O–H groups in total. The molecule has 1 unspecified atom stereocenters. The molecule has 0 heterocycles. The third-order valence-corrected chi connectivity index (χ3v) is 7.61. The van der Waals surface area contributed by atoms with Crippen molar-refractivity contribution in [3.8, 4) is 11.5 Å². The lowest BCUT2D eigenvalue weighted by Crippen LogP contribution is -2.42. The van der Waals surface area contributed by atoms with E-state index in [1.165, 1.54) is 4.31 Å². The number of para-hydroxylation sites is 1. The molecule has 35 heavy (non-hydrogen) atoms. The summed E-state index contributed by atoms with van der Waals surface area (Å²) in [6.07, 6.45) is 0.607. The maximum atomic E-state index is 13.6. The Kier molecular flexibility index (Phi) is 8.40. The maximum Gasteiger partial charge on any atom is 0.264 e. The molecule has 186 valence electrons. The number of carbonyl (C=O) groups is 1. The second kappa shape index (κ2) is 11.3. The topological polar surface area (TPSA) is 84.9 Å². The average molecular weight is 497 g/mol. The number of hydrogen-bond acceptors (Lipinski definition) is 5. The summed E-state index contributed by atoms with van der Waals surface area (Å²) in [7, 11) is -0.866. The molecular weight excluding hydrogens is 464 g/mol. The maximum absolute atomic E-state index is 13.6. The Bertz CT molecular complexity index is 1270. The van der Waals surface area contributed by atoms with E-state index < -0.39 is 15.9 Å². The monoisotopic (exact) mass is 496 g/mol. The first-order chi connectivity index (χ1) is 16.7. The van der Waals surface area contributed by atoms with Crippen molar-refractivity contribution in [3.63, 3.8) is 0 Å². The van der Waals surface area contributed by atoms with Crippen molar-refractivity contribution in [3.05, 3.63) is 83.4 Å². The van der Waals surface area contributed by atoms with E-state index in [0.29, 0.717) is 23.6 Å². The second-order valence-electron chi connectivity index (χ2n) is 8.25. The number of nitrogens with zero attached hydrogens (tertiary/aromatic N) is 1. The average Bonchev–Trinajstić information content (AvgIpc) is 2.86. The molecule has 0 radical (unpaired) electrons. The van der Waals surface area contributed by atoms with Gasteiger partial charge in [-0.2, -0.15) is 0 Å². The van der Waals surface area contributed by atoms with E-state index in [2.05, 4.69) is 5.32 Å². The van der Waals surface area contributed by atoms with Crippen molar-refractivity contribution in [2.75, 3.05) is 25.1 Å². The highest BCUT2D eigenvalue weighted by Gasteiger charge is 2.29. The molecule has 8 heteroatoms. The van der Waals surface area contributed by atoms with Gasteiger partial charge in [0.2, 0.25) is 5.91 Å². The largest absolute Gasteiger partial charge is 0.493 e. The first kappa shape index (κ1) is 26.1. The van der Waals surface area contributed by atoms with Gasteiger partial charge in [0.05, 0.1) is 30.8 Å². The van der Waals surface area contributed by atoms with E-state index in [0.717, 1.165) is 16.7 Å². The van der Waals surface area contributed by atoms with Gasteiger partial charge in [-0.3, -0.25) is 9.10 Å². The van der Waals surface area contributed by atoms with Gasteiger partial charge in [0.1, 0.15) is 6.54 Å². The van der Waals surface area contributed by atoms with Gasteiger partial charge >= 0.3 is 0 Å². The lowest BCUT2D eigenvalue weighted by atomic mass is 10.0. The first-order valence-electron chi connectivity index (χ1n) is 11.4. The number of sulfonamides is 1. The van der Waals surface area contributed by atoms with Crippen LogP contribution in [0.3, 0.4) is 0 Å². The summed E-state index contributed by atoms with van der Waals surface area (Å²) in [6.45, 7) is 5.31. The van der Waals surface area contributed by atoms with Gasteiger partial charge in [-0.05, 0) is 61.7 Å². The standard InChI is InChI=1S/C27H32N2O5S/c1-6-23(21-13-16-25(33-4)26(17-21)34-5)28-27(30)18-29(24-10-8-7-9-20(24)3)35(31,32)22-14-11-19(2)12-15-22/h7-17,23H,6,18H2,1-5H3,(H,28,30). The van der Waals surface area contributed by atoms with Crippen LogP contribution in [0.15, 0.2) is 71.6 Å². The molecule has 0 aliphatic heterocycles. The predicted molar refractivity (Wildman–Crippen MR) is 138 cm³/mol. The minimum Gasteiger partial charge on any atom is -0.493 e. The zero-order valence-corrected chi connectivity index (χ0v) is 21.6. The lowest BCUT2D eigenvalue weighted by Gasteiger charge is -2.27. The summed E-state index contributed by atoms with van der Waals surface area (Å²) < 4.78 is 39.1. The quantitative estimate of drug-likeness (QED) is 0.437. The number of methoxy groups -OCH3 is 2. The highest BCUT2D eigenvalue weighted by atomic mass is 32.2. The minimum atomic E-state index is -3.98. The molecule has 3 rings (SSSR count). The first-order valence-corrected chi connectivity index (χ1v) is 12.8. The van der Waals surface area contributed by atoms with E-state index in [1.54, 1.807) is 56.7 Å². The van der Waals surface area contributed by atoms with Crippen LogP contribution in [0.5, 0.6) is 11.5 Å². The fourth-order valence-electron chi connectivity index (χ4n) is 3.84. The molecule has 1 amide bonds. The van der Waals surface area contributed by atoms with Gasteiger partial charge in [-0.1, -0.05) is 48.9 Å². The fraction of sp³-hybridized carbons (Fsp3) is 0.296. The van der Waals surface area contributed by atoms with Gasteiger partial charge < -0.3 is 14.8 Å². The van der Waals surface area contributed by atoms with E-state index >= 15 is 0 Å². The van der Waals surface area contributed by atoms with Crippen molar-refractivity contribution in [1.29, 1.82) is 0 Å². The Morgan fingerprint density at radius 1 is 0.943 bits per heavy atom. The zero-order valence-electron chi connectivity index (χ0n) is 20.7. The van der Waals surface area contributed by atoms with Crippen LogP contribution < -0.4 is 19.1 Å². The highest BCUT2D eigenvalue weighted by Crippen LogP contribution is 2.31. The molecule has 0 aliphatic carbocycles. The second-order valence-corrected chi connectivity index (χ2v) is 10.1. The Morgan fingerprint density at radius 3 is 2.20 bits per heavy atom. The Labute approximate surface area is 207 Å². The van der Waals surface area contributed by atoms with Crippen LogP contribution in [-0.4, -0.2) is 35.1 Å². The normalized spacial score (nSPS) is 12.0. The summed E-state index contributed by atoms with van der Waals surface area (Å²) in [5.74, 6) is 0.735. The summed E-state index contributed by atoms with van der Waals surface area (Å²) in [6, 6.07) is 18.9. The number of hydrogen-bond donors (Lipinski definition) is 1. The Hall–Kier alpha value is -3.52. The molecule has 0 aliphatic rings. The number of ether oxygens (including phenoxy) is 2. The summed E-state index contributed by atoms with van der Waals surface area (Å²) in [5, 5.41) is 2.98. The number of rotatable bonds is 10. The van der Waals surface area contributed by atoms with Gasteiger partial charge in [0, 0.05) is 0 Å². The lowest BCUT2D eigenvalue weighted by molar-refractivity contribution is -0.120. The third-order valence-electron chi connectivity index (χ3n) is 5.83. The molecular formula is C27H32N2O5S. The smallest absolute Gasteiger partial charge is 0.264 e. The van der Waals surface area contributed by atoms with E-state index in [4.69, 9.17) is 9.47 Å². The number of nitrogens with one attached hydrogen (secondary N) is 1. The molecule has 0 fully saturated rings. The molecule has 0 saturated heterocycles. The summed E-state index contributed by atoms with van der Waals surface area (Å²) in [5.41, 5.74) is 3.00. The molecule has 1 atom stereocenters. The van der Waals surface area contributed by atoms with Crippen LogP contribution in [0.2, 0.25) is 0 Å². The van der Waals surface area contributed by atoms with Crippen molar-refractivity contribution in [1.82, 2.24) is 5.32 Å². The molecule has 0 bridgehead atoms. The minimum absolute atomic E-state index is 0.131. The van der Waals surface area contributed by atoms with Gasteiger partial charge in [-0.15, -0.1) is 0 Å². The molecule has 0 spiro atoms. The van der Waals surface area contributed by atoms with Crippen LogP contribution in [0.1, 0.15) is 36.1 Å². The van der Waals surface area contributed by atoms with Gasteiger partial charge in [0.25, 0.3) is 10.0 Å². The number of aryl methyl sites for hydroxylation is 2. The van der Waals surface area contributed by atoms with Gasteiger partial charge in [0.15, 0.2) is 11.5 Å². The predicted octanol–water partition coefficient (Wildman–Crippen LogP) is 4.78. The Balaban J connectivity index is 1.92. The molecule has 7 nitrogen and oxygen atoms in total. The number of benzene rings is 3. The molecule has 0 aromatic heterocycles. The zero-order chi connectivity index (χ0) is 25.6.